The Labute approximate surface area is 122 Å². The molecule has 1 atom stereocenters. The quantitative estimate of drug-likeness (QED) is 0.495. The molecule has 118 valence electrons. The maximum atomic E-state index is 11.9. The predicted octanol–water partition coefficient (Wildman–Crippen LogP) is 3.27. The van der Waals surface area contributed by atoms with E-state index in [1.807, 2.05) is 13.8 Å². The molecule has 1 amide bonds. The zero-order chi connectivity index (χ0) is 15.4. The van der Waals surface area contributed by atoms with Crippen molar-refractivity contribution in [2.24, 2.45) is 5.92 Å². The van der Waals surface area contributed by atoms with Gasteiger partial charge in [0, 0.05) is 0 Å². The summed E-state index contributed by atoms with van der Waals surface area (Å²) in [7, 11) is 0. The van der Waals surface area contributed by atoms with Crippen LogP contribution < -0.4 is 5.32 Å². The number of amides is 1. The Morgan fingerprint density at radius 1 is 1.00 bits per heavy atom. The van der Waals surface area contributed by atoms with Crippen LogP contribution >= 0.6 is 0 Å². The summed E-state index contributed by atoms with van der Waals surface area (Å²) in [5, 5.41) is 2.57. The van der Waals surface area contributed by atoms with Crippen LogP contribution in [0.1, 0.15) is 59.8 Å². The summed E-state index contributed by atoms with van der Waals surface area (Å²) < 4.78 is 10.1. The second-order valence-electron chi connectivity index (χ2n) is 5.33. The van der Waals surface area contributed by atoms with Gasteiger partial charge < -0.3 is 14.8 Å². The largest absolute Gasteiger partial charge is 0.464 e. The van der Waals surface area contributed by atoms with Crippen LogP contribution in [0.15, 0.2) is 0 Å². The first kappa shape index (κ1) is 18.7. The predicted molar refractivity (Wildman–Crippen MR) is 78.5 cm³/mol. The molecule has 20 heavy (non-hydrogen) atoms. The van der Waals surface area contributed by atoms with Crippen molar-refractivity contribution in [2.75, 3.05) is 13.2 Å². The fourth-order valence-electron chi connectivity index (χ4n) is 1.68. The van der Waals surface area contributed by atoms with Crippen LogP contribution in [0, 0.1) is 5.92 Å². The number of rotatable bonds is 10. The Morgan fingerprint density at radius 2 is 1.70 bits per heavy atom. The highest BCUT2D eigenvalue weighted by molar-refractivity contribution is 5.81. The van der Waals surface area contributed by atoms with Crippen molar-refractivity contribution >= 4 is 12.1 Å². The molecule has 1 unspecified atom stereocenters. The molecular formula is C15H29NO4. The molecule has 0 radical (unpaired) electrons. The highest BCUT2D eigenvalue weighted by Crippen LogP contribution is 2.05. The fraction of sp³-hybridized carbons (Fsp3) is 0.867. The third-order valence-corrected chi connectivity index (χ3v) is 2.76. The smallest absolute Gasteiger partial charge is 0.407 e. The van der Waals surface area contributed by atoms with E-state index in [4.69, 9.17) is 9.47 Å². The molecule has 0 fully saturated rings. The lowest BCUT2D eigenvalue weighted by Gasteiger charge is -2.17. The summed E-state index contributed by atoms with van der Waals surface area (Å²) in [6.07, 6.45) is 3.43. The molecule has 0 aromatic heterocycles. The number of nitrogens with one attached hydrogen (secondary N) is 1. The average molecular weight is 287 g/mol. The number of carbonyl (C=O) groups excluding carboxylic acids is 2. The number of ether oxygens (including phenoxy) is 2. The Bertz CT molecular complexity index is 279. The first-order valence-corrected chi connectivity index (χ1v) is 7.61. The monoisotopic (exact) mass is 287 g/mol. The summed E-state index contributed by atoms with van der Waals surface area (Å²) in [4.78, 5) is 23.4. The van der Waals surface area contributed by atoms with Gasteiger partial charge in [-0.2, -0.15) is 0 Å². The third-order valence-electron chi connectivity index (χ3n) is 2.76. The van der Waals surface area contributed by atoms with Crippen molar-refractivity contribution in [3.8, 4) is 0 Å². The van der Waals surface area contributed by atoms with Gasteiger partial charge in [0.05, 0.1) is 13.2 Å². The van der Waals surface area contributed by atoms with Gasteiger partial charge in [-0.3, -0.25) is 0 Å². The first-order chi connectivity index (χ1) is 9.51. The van der Waals surface area contributed by atoms with Crippen molar-refractivity contribution in [1.82, 2.24) is 5.32 Å². The van der Waals surface area contributed by atoms with Crippen molar-refractivity contribution in [3.05, 3.63) is 0 Å². The maximum Gasteiger partial charge on any atom is 0.407 e. The van der Waals surface area contributed by atoms with Crippen molar-refractivity contribution in [3.63, 3.8) is 0 Å². The van der Waals surface area contributed by atoms with Crippen LogP contribution in [0.4, 0.5) is 4.79 Å². The van der Waals surface area contributed by atoms with E-state index >= 15 is 0 Å². The lowest BCUT2D eigenvalue weighted by atomic mass is 10.1. The van der Waals surface area contributed by atoms with Crippen molar-refractivity contribution < 1.29 is 19.1 Å². The zero-order valence-corrected chi connectivity index (χ0v) is 13.2. The van der Waals surface area contributed by atoms with E-state index in [-0.39, 0.29) is 5.97 Å². The van der Waals surface area contributed by atoms with Gasteiger partial charge in [0.25, 0.3) is 0 Å². The Hall–Kier alpha value is -1.26. The molecule has 0 aliphatic carbocycles. The Morgan fingerprint density at radius 3 is 2.25 bits per heavy atom. The SMILES string of the molecule is CCCOC(=O)NC(CCC)C(=O)OCCCC(C)C. The van der Waals surface area contributed by atoms with E-state index in [2.05, 4.69) is 19.2 Å². The minimum Gasteiger partial charge on any atom is -0.464 e. The van der Waals surface area contributed by atoms with E-state index in [0.29, 0.717) is 25.6 Å². The van der Waals surface area contributed by atoms with E-state index in [1.165, 1.54) is 0 Å². The summed E-state index contributed by atoms with van der Waals surface area (Å²) in [6, 6.07) is -0.608. The van der Waals surface area contributed by atoms with Crippen molar-refractivity contribution in [2.45, 2.75) is 65.8 Å². The van der Waals surface area contributed by atoms with Gasteiger partial charge in [0.2, 0.25) is 0 Å². The number of hydrogen-bond acceptors (Lipinski definition) is 4. The summed E-state index contributed by atoms with van der Waals surface area (Å²) in [5.41, 5.74) is 0. The molecule has 5 nitrogen and oxygen atoms in total. The molecule has 0 saturated carbocycles. The van der Waals surface area contributed by atoms with Crippen LogP contribution in [0.25, 0.3) is 0 Å². The van der Waals surface area contributed by atoms with Crippen LogP contribution in [-0.4, -0.2) is 31.3 Å². The molecule has 5 heteroatoms. The number of hydrogen-bond donors (Lipinski definition) is 1. The van der Waals surface area contributed by atoms with E-state index in [1.54, 1.807) is 0 Å². The fourth-order valence-corrected chi connectivity index (χ4v) is 1.68. The lowest BCUT2D eigenvalue weighted by molar-refractivity contribution is -0.146. The highest BCUT2D eigenvalue weighted by atomic mass is 16.6. The van der Waals surface area contributed by atoms with Gasteiger partial charge in [0.15, 0.2) is 0 Å². The highest BCUT2D eigenvalue weighted by Gasteiger charge is 2.21. The van der Waals surface area contributed by atoms with E-state index < -0.39 is 12.1 Å². The molecule has 0 aliphatic heterocycles. The van der Waals surface area contributed by atoms with Gasteiger partial charge in [0.1, 0.15) is 6.04 Å². The Kier molecular flexibility index (Phi) is 10.8. The van der Waals surface area contributed by atoms with Crippen LogP contribution in [0.5, 0.6) is 0 Å². The summed E-state index contributed by atoms with van der Waals surface area (Å²) in [5.74, 6) is 0.228. The molecule has 0 aromatic rings. The molecule has 0 spiro atoms. The molecule has 0 aromatic carbocycles. The second-order valence-corrected chi connectivity index (χ2v) is 5.33. The van der Waals surface area contributed by atoms with Gasteiger partial charge >= 0.3 is 12.1 Å². The third kappa shape index (κ3) is 9.64. The maximum absolute atomic E-state index is 11.9. The second kappa shape index (κ2) is 11.6. The lowest BCUT2D eigenvalue weighted by Crippen LogP contribution is -2.42. The summed E-state index contributed by atoms with van der Waals surface area (Å²) >= 11 is 0. The minimum absolute atomic E-state index is 0.355. The first-order valence-electron chi connectivity index (χ1n) is 7.61. The average Bonchev–Trinajstić information content (AvgIpc) is 2.40. The molecular weight excluding hydrogens is 258 g/mol. The van der Waals surface area contributed by atoms with Gasteiger partial charge in [-0.15, -0.1) is 0 Å². The zero-order valence-electron chi connectivity index (χ0n) is 13.2. The standard InChI is InChI=1S/C15H29NO4/c1-5-8-13(16-15(18)20-10-6-2)14(17)19-11-7-9-12(3)4/h12-13H,5-11H2,1-4H3,(H,16,18). The van der Waals surface area contributed by atoms with E-state index in [0.717, 1.165) is 25.7 Å². The van der Waals surface area contributed by atoms with Crippen molar-refractivity contribution in [1.29, 1.82) is 0 Å². The normalized spacial score (nSPS) is 12.1. The molecule has 0 saturated heterocycles. The Balaban J connectivity index is 4.08. The van der Waals surface area contributed by atoms with Crippen LogP contribution in [0.3, 0.4) is 0 Å². The molecule has 1 N–H and O–H groups in total. The number of carbonyl (C=O) groups is 2. The molecule has 0 aliphatic rings. The van der Waals surface area contributed by atoms with Crippen LogP contribution in [-0.2, 0) is 14.3 Å². The minimum atomic E-state index is -0.608. The number of esters is 1. The van der Waals surface area contributed by atoms with Gasteiger partial charge in [-0.05, 0) is 31.6 Å². The molecule has 0 heterocycles. The van der Waals surface area contributed by atoms with Gasteiger partial charge in [-0.25, -0.2) is 9.59 Å². The van der Waals surface area contributed by atoms with Crippen LogP contribution in [0.2, 0.25) is 0 Å². The van der Waals surface area contributed by atoms with E-state index in [9.17, 15) is 9.59 Å². The number of alkyl carbamates (subject to hydrolysis) is 1. The topological polar surface area (TPSA) is 64.6 Å². The molecule has 0 bridgehead atoms. The summed E-state index contributed by atoms with van der Waals surface area (Å²) in [6.45, 7) is 8.90. The van der Waals surface area contributed by atoms with Gasteiger partial charge in [-0.1, -0.05) is 34.1 Å². The molecule has 0 rings (SSSR count).